The van der Waals surface area contributed by atoms with Gasteiger partial charge in [0.2, 0.25) is 5.91 Å². The number of benzene rings is 1. The number of ether oxygens (including phenoxy) is 1. The molecule has 0 atom stereocenters. The number of hydrogen-bond acceptors (Lipinski definition) is 3. The zero-order valence-electron chi connectivity index (χ0n) is 12.6. The van der Waals surface area contributed by atoms with E-state index in [9.17, 15) is 9.59 Å². The van der Waals surface area contributed by atoms with Crippen LogP contribution in [0.2, 0.25) is 0 Å². The molecular weight excluding hydrogens is 268 g/mol. The number of piperidine rings is 1. The van der Waals surface area contributed by atoms with E-state index in [0.717, 1.165) is 24.0 Å². The number of carbonyl (C=O) groups is 2. The van der Waals surface area contributed by atoms with Crippen LogP contribution in [0.15, 0.2) is 24.3 Å². The minimum absolute atomic E-state index is 0.0150. The van der Waals surface area contributed by atoms with Crippen molar-refractivity contribution in [3.05, 3.63) is 35.4 Å². The summed E-state index contributed by atoms with van der Waals surface area (Å²) in [6, 6.07) is 7.69. The van der Waals surface area contributed by atoms with Crippen molar-refractivity contribution in [1.29, 1.82) is 0 Å². The van der Waals surface area contributed by atoms with Crippen LogP contribution < -0.4 is 5.32 Å². The van der Waals surface area contributed by atoms with E-state index in [2.05, 4.69) is 5.32 Å². The van der Waals surface area contributed by atoms with E-state index < -0.39 is 0 Å². The Morgan fingerprint density at radius 1 is 1.29 bits per heavy atom. The first-order valence-electron chi connectivity index (χ1n) is 7.25. The van der Waals surface area contributed by atoms with Crippen molar-refractivity contribution in [3.8, 4) is 0 Å². The molecule has 0 radical (unpaired) electrons. The monoisotopic (exact) mass is 290 g/mol. The fourth-order valence-electron chi connectivity index (χ4n) is 2.58. The number of hydrogen-bond donors (Lipinski definition) is 1. The second-order valence-corrected chi connectivity index (χ2v) is 5.38. The third-order valence-electron chi connectivity index (χ3n) is 3.84. The van der Waals surface area contributed by atoms with Gasteiger partial charge in [-0.05, 0) is 31.4 Å². The Balaban J connectivity index is 1.85. The molecule has 1 aliphatic rings. The topological polar surface area (TPSA) is 58.6 Å². The molecule has 21 heavy (non-hydrogen) atoms. The summed E-state index contributed by atoms with van der Waals surface area (Å²) in [5.41, 5.74) is 1.69. The van der Waals surface area contributed by atoms with Crippen molar-refractivity contribution in [2.45, 2.75) is 25.8 Å². The number of nitrogens with one attached hydrogen (secondary N) is 1. The zero-order valence-corrected chi connectivity index (χ0v) is 12.6. The number of amides is 2. The summed E-state index contributed by atoms with van der Waals surface area (Å²) < 4.78 is 4.86. The van der Waals surface area contributed by atoms with Gasteiger partial charge in [0.25, 0.3) is 5.91 Å². The van der Waals surface area contributed by atoms with E-state index in [0.29, 0.717) is 13.1 Å². The standard InChI is InChI=1S/C16H22N2O3/c1-12-5-3-4-6-14(12)16(20)17-13-7-9-18(10-8-13)15(19)11-21-2/h3-6,13H,7-11H2,1-2H3,(H,17,20). The smallest absolute Gasteiger partial charge is 0.251 e. The van der Waals surface area contributed by atoms with E-state index >= 15 is 0 Å². The molecule has 0 aliphatic carbocycles. The lowest BCUT2D eigenvalue weighted by atomic mass is 10.0. The molecule has 1 heterocycles. The number of methoxy groups -OCH3 is 1. The van der Waals surface area contributed by atoms with E-state index in [4.69, 9.17) is 4.74 Å². The summed E-state index contributed by atoms with van der Waals surface area (Å²) in [5, 5.41) is 3.06. The number of rotatable bonds is 4. The summed E-state index contributed by atoms with van der Waals surface area (Å²) in [6.45, 7) is 3.39. The Morgan fingerprint density at radius 2 is 1.95 bits per heavy atom. The van der Waals surface area contributed by atoms with Crippen LogP contribution in [0.3, 0.4) is 0 Å². The molecule has 2 amide bonds. The van der Waals surface area contributed by atoms with Crippen molar-refractivity contribution in [2.75, 3.05) is 26.8 Å². The van der Waals surface area contributed by atoms with E-state index in [1.807, 2.05) is 31.2 Å². The second kappa shape index (κ2) is 7.22. The maximum absolute atomic E-state index is 12.2. The van der Waals surface area contributed by atoms with Crippen LogP contribution in [0.1, 0.15) is 28.8 Å². The molecule has 5 nitrogen and oxygen atoms in total. The normalized spacial score (nSPS) is 15.8. The first kappa shape index (κ1) is 15.5. The minimum atomic E-state index is -0.0326. The second-order valence-electron chi connectivity index (χ2n) is 5.38. The lowest BCUT2D eigenvalue weighted by Crippen LogP contribution is -2.47. The Kier molecular flexibility index (Phi) is 5.33. The summed E-state index contributed by atoms with van der Waals surface area (Å²) in [6.07, 6.45) is 1.57. The van der Waals surface area contributed by atoms with E-state index in [-0.39, 0.29) is 24.5 Å². The first-order valence-corrected chi connectivity index (χ1v) is 7.25. The predicted molar refractivity (Wildman–Crippen MR) is 80.1 cm³/mol. The zero-order chi connectivity index (χ0) is 15.2. The predicted octanol–water partition coefficient (Wildman–Crippen LogP) is 1.36. The molecule has 0 spiro atoms. The highest BCUT2D eigenvalue weighted by molar-refractivity contribution is 5.95. The minimum Gasteiger partial charge on any atom is -0.375 e. The van der Waals surface area contributed by atoms with Gasteiger partial charge in [-0.15, -0.1) is 0 Å². The summed E-state index contributed by atoms with van der Waals surface area (Å²) >= 11 is 0. The van der Waals surface area contributed by atoms with Gasteiger partial charge in [-0.25, -0.2) is 0 Å². The average Bonchev–Trinajstić information content (AvgIpc) is 2.48. The Bertz CT molecular complexity index is 508. The molecule has 114 valence electrons. The van der Waals surface area contributed by atoms with Gasteiger partial charge in [-0.3, -0.25) is 9.59 Å². The highest BCUT2D eigenvalue weighted by Gasteiger charge is 2.24. The van der Waals surface area contributed by atoms with Crippen LogP contribution in [0.5, 0.6) is 0 Å². The molecule has 0 unspecified atom stereocenters. The summed E-state index contributed by atoms with van der Waals surface area (Å²) in [7, 11) is 1.52. The highest BCUT2D eigenvalue weighted by Crippen LogP contribution is 2.13. The van der Waals surface area contributed by atoms with Gasteiger partial charge >= 0.3 is 0 Å². The average molecular weight is 290 g/mol. The molecule has 0 bridgehead atoms. The largest absolute Gasteiger partial charge is 0.375 e. The van der Waals surface area contributed by atoms with E-state index in [1.54, 1.807) is 4.90 Å². The fourth-order valence-corrected chi connectivity index (χ4v) is 2.58. The number of aryl methyl sites for hydroxylation is 1. The molecule has 1 aliphatic heterocycles. The Morgan fingerprint density at radius 3 is 2.57 bits per heavy atom. The molecule has 2 rings (SSSR count). The van der Waals surface area contributed by atoms with Crippen molar-refractivity contribution in [1.82, 2.24) is 10.2 Å². The van der Waals surface area contributed by atoms with Gasteiger partial charge in [0.15, 0.2) is 0 Å². The molecule has 1 N–H and O–H groups in total. The van der Waals surface area contributed by atoms with Crippen LogP contribution in [0, 0.1) is 6.92 Å². The molecular formula is C16H22N2O3. The van der Waals surface area contributed by atoms with Gasteiger partial charge < -0.3 is 15.0 Å². The van der Waals surface area contributed by atoms with Gasteiger partial charge in [0.1, 0.15) is 6.61 Å². The SMILES string of the molecule is COCC(=O)N1CCC(NC(=O)c2ccccc2C)CC1. The fraction of sp³-hybridized carbons (Fsp3) is 0.500. The molecule has 1 fully saturated rings. The van der Waals surface area contributed by atoms with Crippen molar-refractivity contribution in [3.63, 3.8) is 0 Å². The molecule has 5 heteroatoms. The molecule has 1 saturated heterocycles. The van der Waals surface area contributed by atoms with Gasteiger partial charge in [0.05, 0.1) is 0 Å². The molecule has 1 aromatic rings. The van der Waals surface area contributed by atoms with Gasteiger partial charge in [-0.2, -0.15) is 0 Å². The van der Waals surface area contributed by atoms with Crippen molar-refractivity contribution < 1.29 is 14.3 Å². The lowest BCUT2D eigenvalue weighted by molar-refractivity contribution is -0.136. The maximum Gasteiger partial charge on any atom is 0.251 e. The Labute approximate surface area is 125 Å². The molecule has 0 saturated carbocycles. The van der Waals surface area contributed by atoms with Gasteiger partial charge in [0, 0.05) is 31.8 Å². The van der Waals surface area contributed by atoms with Crippen molar-refractivity contribution >= 4 is 11.8 Å². The molecule has 0 aromatic heterocycles. The number of nitrogens with zero attached hydrogens (tertiary/aromatic N) is 1. The summed E-state index contributed by atoms with van der Waals surface area (Å²) in [5.74, 6) is -0.0176. The quantitative estimate of drug-likeness (QED) is 0.911. The van der Waals surface area contributed by atoms with Crippen LogP contribution in [0.4, 0.5) is 0 Å². The van der Waals surface area contributed by atoms with Crippen LogP contribution in [-0.4, -0.2) is 49.6 Å². The molecule has 1 aromatic carbocycles. The third kappa shape index (κ3) is 4.04. The number of likely N-dealkylation sites (tertiary alicyclic amines) is 1. The van der Waals surface area contributed by atoms with E-state index in [1.165, 1.54) is 7.11 Å². The van der Waals surface area contributed by atoms with Crippen LogP contribution >= 0.6 is 0 Å². The third-order valence-corrected chi connectivity index (χ3v) is 3.84. The Hall–Kier alpha value is -1.88. The van der Waals surface area contributed by atoms with Crippen molar-refractivity contribution in [2.24, 2.45) is 0 Å². The van der Waals surface area contributed by atoms with Crippen LogP contribution in [0.25, 0.3) is 0 Å². The van der Waals surface area contributed by atoms with Gasteiger partial charge in [-0.1, -0.05) is 18.2 Å². The maximum atomic E-state index is 12.2. The number of carbonyl (C=O) groups excluding carboxylic acids is 2. The first-order chi connectivity index (χ1) is 10.1. The van der Waals surface area contributed by atoms with Crippen LogP contribution in [-0.2, 0) is 9.53 Å². The highest BCUT2D eigenvalue weighted by atomic mass is 16.5. The summed E-state index contributed by atoms with van der Waals surface area (Å²) in [4.78, 5) is 25.7. The lowest BCUT2D eigenvalue weighted by Gasteiger charge is -2.32.